The number of hydrogen-bond acceptors (Lipinski definition) is 5. The molecule has 0 saturated heterocycles. The van der Waals surface area contributed by atoms with E-state index in [1.54, 1.807) is 19.9 Å². The molecular weight excluding hydrogens is 224 g/mol. The number of aliphatic hydroxyl groups excluding tert-OH is 1. The maximum atomic E-state index is 10.6. The number of carboxylic acids is 1. The van der Waals surface area contributed by atoms with Crippen LogP contribution in [-0.4, -0.2) is 38.6 Å². The highest BCUT2D eigenvalue weighted by molar-refractivity contribution is 6.05. The number of pyridine rings is 1. The van der Waals surface area contributed by atoms with E-state index in [1.165, 1.54) is 12.3 Å². The lowest BCUT2D eigenvalue weighted by Crippen LogP contribution is -2.38. The summed E-state index contributed by atoms with van der Waals surface area (Å²) in [6, 6.07) is 2.90. The van der Waals surface area contributed by atoms with E-state index in [-0.39, 0.29) is 5.69 Å². The van der Waals surface area contributed by atoms with E-state index in [9.17, 15) is 9.90 Å². The molecule has 1 aliphatic rings. The Kier molecular flexibility index (Phi) is 2.59. The fourth-order valence-electron chi connectivity index (χ4n) is 1.48. The Labute approximate surface area is 97.5 Å². The van der Waals surface area contributed by atoms with E-state index in [1.807, 2.05) is 0 Å². The van der Waals surface area contributed by atoms with E-state index in [4.69, 9.17) is 9.94 Å². The zero-order valence-corrected chi connectivity index (χ0v) is 9.41. The maximum absolute atomic E-state index is 10.6. The lowest BCUT2D eigenvalue weighted by atomic mass is 9.95. The van der Waals surface area contributed by atoms with E-state index >= 15 is 0 Å². The van der Waals surface area contributed by atoms with Crippen molar-refractivity contribution in [3.63, 3.8) is 0 Å². The molecule has 1 unspecified atom stereocenters. The van der Waals surface area contributed by atoms with E-state index in [0.29, 0.717) is 11.3 Å². The van der Waals surface area contributed by atoms with Gasteiger partial charge in [-0.25, -0.2) is 9.78 Å². The third-order valence-corrected chi connectivity index (χ3v) is 2.58. The molecule has 1 aromatic heterocycles. The van der Waals surface area contributed by atoms with Crippen LogP contribution in [0.15, 0.2) is 23.5 Å². The van der Waals surface area contributed by atoms with Gasteiger partial charge in [0.05, 0.1) is 0 Å². The summed E-state index contributed by atoms with van der Waals surface area (Å²) in [6.45, 7) is 3.43. The van der Waals surface area contributed by atoms with Crippen molar-refractivity contribution in [2.75, 3.05) is 0 Å². The molecule has 90 valence electrons. The van der Waals surface area contributed by atoms with Gasteiger partial charge in [0.1, 0.15) is 17.5 Å². The van der Waals surface area contributed by atoms with Gasteiger partial charge < -0.3 is 15.1 Å². The van der Waals surface area contributed by atoms with Crippen LogP contribution in [0.4, 0.5) is 0 Å². The fraction of sp³-hybridized carbons (Fsp3) is 0.364. The summed E-state index contributed by atoms with van der Waals surface area (Å²) in [5, 5.41) is 22.5. The van der Waals surface area contributed by atoms with Gasteiger partial charge in [0.15, 0.2) is 5.60 Å². The number of nitrogens with zero attached hydrogens (tertiary/aromatic N) is 2. The van der Waals surface area contributed by atoms with Gasteiger partial charge in [-0.1, -0.05) is 5.16 Å². The maximum Gasteiger partial charge on any atom is 0.354 e. The standard InChI is InChI=1S/C11H12N2O4/c1-11(2)9(14)8(13-17-11)6-3-4-7(10(15)16)12-5-6/h3-5,9,14H,1-2H3,(H,15,16). The van der Waals surface area contributed by atoms with Crippen molar-refractivity contribution in [1.29, 1.82) is 0 Å². The molecule has 17 heavy (non-hydrogen) atoms. The second kappa shape index (κ2) is 3.81. The van der Waals surface area contributed by atoms with Crippen LogP contribution in [0.2, 0.25) is 0 Å². The molecule has 2 heterocycles. The molecule has 0 radical (unpaired) electrons. The molecule has 6 heteroatoms. The summed E-state index contributed by atoms with van der Waals surface area (Å²) >= 11 is 0. The topological polar surface area (TPSA) is 92.0 Å². The molecule has 0 aromatic carbocycles. The van der Waals surface area contributed by atoms with Gasteiger partial charge in [-0.15, -0.1) is 0 Å². The second-order valence-corrected chi connectivity index (χ2v) is 4.31. The number of rotatable bonds is 2. The molecular formula is C11H12N2O4. The molecule has 1 atom stereocenters. The third kappa shape index (κ3) is 1.99. The van der Waals surface area contributed by atoms with Crippen molar-refractivity contribution in [1.82, 2.24) is 4.98 Å². The van der Waals surface area contributed by atoms with Crippen LogP contribution >= 0.6 is 0 Å². The van der Waals surface area contributed by atoms with Crippen LogP contribution in [0.1, 0.15) is 29.9 Å². The van der Waals surface area contributed by atoms with Gasteiger partial charge >= 0.3 is 5.97 Å². The summed E-state index contributed by atoms with van der Waals surface area (Å²) in [5.41, 5.74) is 0.0791. The van der Waals surface area contributed by atoms with E-state index in [2.05, 4.69) is 10.1 Å². The fourth-order valence-corrected chi connectivity index (χ4v) is 1.48. The lowest BCUT2D eigenvalue weighted by Gasteiger charge is -2.19. The first kappa shape index (κ1) is 11.5. The van der Waals surface area contributed by atoms with Crippen molar-refractivity contribution < 1.29 is 19.8 Å². The van der Waals surface area contributed by atoms with Crippen LogP contribution in [0, 0.1) is 0 Å². The van der Waals surface area contributed by atoms with Gasteiger partial charge in [-0.2, -0.15) is 0 Å². The van der Waals surface area contributed by atoms with Crippen molar-refractivity contribution in [3.8, 4) is 0 Å². The Hall–Kier alpha value is -1.95. The number of aliphatic hydroxyl groups is 1. The SMILES string of the molecule is CC1(C)ON=C(c2ccc(C(=O)O)nc2)C1O. The summed E-state index contributed by atoms with van der Waals surface area (Å²) in [6.07, 6.45) is 0.496. The Balaban J connectivity index is 2.28. The Bertz CT molecular complexity index is 479. The van der Waals surface area contributed by atoms with Crippen LogP contribution in [0.25, 0.3) is 0 Å². The zero-order chi connectivity index (χ0) is 12.6. The first-order valence-electron chi connectivity index (χ1n) is 5.05. The molecule has 0 saturated carbocycles. The van der Waals surface area contributed by atoms with Crippen molar-refractivity contribution in [3.05, 3.63) is 29.6 Å². The Morgan fingerprint density at radius 2 is 2.18 bits per heavy atom. The minimum atomic E-state index is -1.10. The van der Waals surface area contributed by atoms with Crippen LogP contribution < -0.4 is 0 Å². The quantitative estimate of drug-likeness (QED) is 0.786. The molecule has 1 aromatic rings. The number of aromatic carboxylic acids is 1. The van der Waals surface area contributed by atoms with E-state index in [0.717, 1.165) is 0 Å². The number of aromatic nitrogens is 1. The summed E-state index contributed by atoms with van der Waals surface area (Å²) < 4.78 is 0. The van der Waals surface area contributed by atoms with Gasteiger partial charge in [0.25, 0.3) is 0 Å². The number of carboxylic acid groups (broad SMARTS) is 1. The Morgan fingerprint density at radius 3 is 2.59 bits per heavy atom. The molecule has 0 aliphatic carbocycles. The molecule has 0 spiro atoms. The first-order chi connectivity index (χ1) is 7.92. The molecule has 1 aliphatic heterocycles. The number of carbonyl (C=O) groups is 1. The highest BCUT2D eigenvalue weighted by atomic mass is 16.7. The minimum absolute atomic E-state index is 0.0537. The summed E-state index contributed by atoms with van der Waals surface area (Å²) in [4.78, 5) is 19.5. The third-order valence-electron chi connectivity index (χ3n) is 2.58. The summed E-state index contributed by atoms with van der Waals surface area (Å²) in [5.74, 6) is -1.10. The molecule has 0 fully saturated rings. The molecule has 2 N–H and O–H groups in total. The van der Waals surface area contributed by atoms with Gasteiger partial charge in [0.2, 0.25) is 0 Å². The van der Waals surface area contributed by atoms with Crippen LogP contribution in [-0.2, 0) is 4.84 Å². The minimum Gasteiger partial charge on any atom is -0.477 e. The van der Waals surface area contributed by atoms with Crippen molar-refractivity contribution >= 4 is 11.7 Å². The molecule has 0 bridgehead atoms. The van der Waals surface area contributed by atoms with Crippen LogP contribution in [0.3, 0.4) is 0 Å². The predicted octanol–water partition coefficient (Wildman–Crippen LogP) is 0.654. The van der Waals surface area contributed by atoms with Gasteiger partial charge in [-0.05, 0) is 26.0 Å². The second-order valence-electron chi connectivity index (χ2n) is 4.31. The average molecular weight is 236 g/mol. The molecule has 6 nitrogen and oxygen atoms in total. The van der Waals surface area contributed by atoms with Crippen LogP contribution in [0.5, 0.6) is 0 Å². The summed E-state index contributed by atoms with van der Waals surface area (Å²) in [7, 11) is 0. The lowest BCUT2D eigenvalue weighted by molar-refractivity contribution is -0.0476. The number of oxime groups is 1. The monoisotopic (exact) mass is 236 g/mol. The molecule has 0 amide bonds. The highest BCUT2D eigenvalue weighted by Crippen LogP contribution is 2.26. The zero-order valence-electron chi connectivity index (χ0n) is 9.41. The normalized spacial score (nSPS) is 21.8. The van der Waals surface area contributed by atoms with Crippen molar-refractivity contribution in [2.45, 2.75) is 25.6 Å². The smallest absolute Gasteiger partial charge is 0.354 e. The van der Waals surface area contributed by atoms with E-state index < -0.39 is 17.7 Å². The Morgan fingerprint density at radius 1 is 1.47 bits per heavy atom. The largest absolute Gasteiger partial charge is 0.477 e. The van der Waals surface area contributed by atoms with Crippen molar-refractivity contribution in [2.24, 2.45) is 5.16 Å². The number of hydrogen-bond donors (Lipinski definition) is 2. The van der Waals surface area contributed by atoms with Gasteiger partial charge in [-0.3, -0.25) is 0 Å². The molecule has 2 rings (SSSR count). The average Bonchev–Trinajstić information content (AvgIpc) is 2.55. The predicted molar refractivity (Wildman–Crippen MR) is 58.9 cm³/mol. The first-order valence-corrected chi connectivity index (χ1v) is 5.05. The van der Waals surface area contributed by atoms with Gasteiger partial charge in [0, 0.05) is 11.8 Å². The highest BCUT2D eigenvalue weighted by Gasteiger charge is 2.40.